The second kappa shape index (κ2) is 9.19. The summed E-state index contributed by atoms with van der Waals surface area (Å²) in [6, 6.07) is 5.40. The molecule has 1 aliphatic rings. The number of nitrogens with one attached hydrogen (secondary N) is 1. The number of carbonyl (C=O) groups is 3. The van der Waals surface area contributed by atoms with E-state index in [1.807, 2.05) is 6.07 Å². The van der Waals surface area contributed by atoms with E-state index in [1.165, 1.54) is 11.1 Å². The van der Waals surface area contributed by atoms with E-state index >= 15 is 0 Å². The van der Waals surface area contributed by atoms with Crippen molar-refractivity contribution in [1.82, 2.24) is 10.2 Å². The molecule has 138 valence electrons. The lowest BCUT2D eigenvalue weighted by atomic mass is 10.2. The molecular formula is C15H15BrN4O4S2. The highest BCUT2D eigenvalue weighted by atomic mass is 79.9. The number of carboxylic acids is 1. The average molecular weight is 459 g/mol. The zero-order valence-electron chi connectivity index (χ0n) is 13.8. The molecule has 26 heavy (non-hydrogen) atoms. The fourth-order valence-electron chi connectivity index (χ4n) is 1.78. The summed E-state index contributed by atoms with van der Waals surface area (Å²) in [4.78, 5) is 36.5. The van der Waals surface area contributed by atoms with Crippen molar-refractivity contribution < 1.29 is 19.5 Å². The standard InChI is InChI=1S/C15H15BrN4O4S2/c1-20(2)15(24)26-10-5-9(16)4-3-8(10)7-17-19-14-18-13(23)11(25-14)6-12(21)22/h3-5,7,11H,6H2,1-2H3,(H,21,22)(H,18,19,23). The monoisotopic (exact) mass is 458 g/mol. The maximum Gasteiger partial charge on any atom is 0.305 e. The lowest BCUT2D eigenvalue weighted by molar-refractivity contribution is -0.138. The first-order valence-corrected chi connectivity index (χ1v) is 9.74. The number of thioether (sulfide) groups is 2. The Hall–Kier alpha value is -1.85. The molecule has 0 saturated carbocycles. The Bertz CT molecular complexity index is 798. The minimum absolute atomic E-state index is 0.126. The highest BCUT2D eigenvalue weighted by Gasteiger charge is 2.32. The van der Waals surface area contributed by atoms with Gasteiger partial charge in [0.05, 0.1) is 12.6 Å². The van der Waals surface area contributed by atoms with Gasteiger partial charge in [0.2, 0.25) is 5.91 Å². The van der Waals surface area contributed by atoms with Crippen molar-refractivity contribution >= 4 is 68.0 Å². The summed E-state index contributed by atoms with van der Waals surface area (Å²) in [7, 11) is 3.33. The van der Waals surface area contributed by atoms with Crippen LogP contribution in [0.4, 0.5) is 4.79 Å². The smallest absolute Gasteiger partial charge is 0.305 e. The molecule has 1 fully saturated rings. The van der Waals surface area contributed by atoms with E-state index in [-0.39, 0.29) is 16.8 Å². The van der Waals surface area contributed by atoms with Crippen molar-refractivity contribution in [2.45, 2.75) is 16.6 Å². The van der Waals surface area contributed by atoms with E-state index in [0.29, 0.717) is 10.5 Å². The van der Waals surface area contributed by atoms with Crippen molar-refractivity contribution in [3.05, 3.63) is 28.2 Å². The molecule has 1 saturated heterocycles. The highest BCUT2D eigenvalue weighted by molar-refractivity contribution is 9.10. The topological polar surface area (TPSA) is 111 Å². The van der Waals surface area contributed by atoms with Gasteiger partial charge in [-0.05, 0) is 23.9 Å². The number of rotatable bonds is 5. The molecular weight excluding hydrogens is 444 g/mol. The Kier molecular flexibility index (Phi) is 7.23. The van der Waals surface area contributed by atoms with Gasteiger partial charge in [-0.1, -0.05) is 33.8 Å². The zero-order chi connectivity index (χ0) is 19.3. The number of hydrogen-bond acceptors (Lipinski definition) is 7. The number of amides is 2. The predicted octanol–water partition coefficient (Wildman–Crippen LogP) is 2.62. The number of halogens is 1. The summed E-state index contributed by atoms with van der Waals surface area (Å²) in [6.07, 6.45) is 1.20. The van der Waals surface area contributed by atoms with Gasteiger partial charge in [-0.3, -0.25) is 14.4 Å². The third-order valence-corrected chi connectivity index (χ3v) is 5.70. The van der Waals surface area contributed by atoms with Crippen molar-refractivity contribution in [2.75, 3.05) is 14.1 Å². The Morgan fingerprint density at radius 2 is 2.19 bits per heavy atom. The van der Waals surface area contributed by atoms with Gasteiger partial charge in [-0.25, -0.2) is 0 Å². The first-order chi connectivity index (χ1) is 12.3. The van der Waals surface area contributed by atoms with Crippen LogP contribution >= 0.6 is 39.5 Å². The van der Waals surface area contributed by atoms with E-state index in [2.05, 4.69) is 31.4 Å². The number of aliphatic carboxylic acids is 1. The number of carboxylic acid groups (broad SMARTS) is 1. The largest absolute Gasteiger partial charge is 0.481 e. The number of hydrogen-bond donors (Lipinski definition) is 2. The second-order valence-electron chi connectivity index (χ2n) is 5.29. The first kappa shape index (κ1) is 20.5. The molecule has 8 nitrogen and oxygen atoms in total. The molecule has 0 aromatic heterocycles. The Morgan fingerprint density at radius 1 is 1.46 bits per heavy atom. The first-order valence-electron chi connectivity index (χ1n) is 7.25. The second-order valence-corrected chi connectivity index (χ2v) is 8.39. The Balaban J connectivity index is 2.12. The molecule has 1 aromatic rings. The van der Waals surface area contributed by atoms with Crippen LogP contribution in [-0.4, -0.2) is 57.8 Å². The Morgan fingerprint density at radius 3 is 2.85 bits per heavy atom. The molecule has 0 spiro atoms. The molecule has 1 heterocycles. The third-order valence-electron chi connectivity index (χ3n) is 3.02. The quantitative estimate of drug-likeness (QED) is 0.398. The summed E-state index contributed by atoms with van der Waals surface area (Å²) >= 11 is 5.45. The molecule has 1 unspecified atom stereocenters. The van der Waals surface area contributed by atoms with Crippen molar-refractivity contribution in [3.8, 4) is 0 Å². The maximum atomic E-state index is 11.9. The number of benzene rings is 1. The van der Waals surface area contributed by atoms with Gasteiger partial charge >= 0.3 is 5.97 Å². The Labute approximate surface area is 166 Å². The van der Waals surface area contributed by atoms with Crippen LogP contribution < -0.4 is 5.32 Å². The predicted molar refractivity (Wildman–Crippen MR) is 106 cm³/mol. The molecule has 11 heteroatoms. The summed E-state index contributed by atoms with van der Waals surface area (Å²) in [5, 5.41) is 18.5. The van der Waals surface area contributed by atoms with Gasteiger partial charge in [-0.2, -0.15) is 5.10 Å². The van der Waals surface area contributed by atoms with Crippen LogP contribution in [-0.2, 0) is 9.59 Å². The number of carbonyl (C=O) groups excluding carboxylic acids is 2. The molecule has 1 atom stereocenters. The molecule has 2 amide bonds. The molecule has 0 bridgehead atoms. The van der Waals surface area contributed by atoms with E-state index < -0.39 is 17.1 Å². The van der Waals surface area contributed by atoms with Gasteiger partial charge in [0.25, 0.3) is 5.24 Å². The van der Waals surface area contributed by atoms with Crippen molar-refractivity contribution in [1.29, 1.82) is 0 Å². The van der Waals surface area contributed by atoms with E-state index in [0.717, 1.165) is 28.0 Å². The zero-order valence-corrected chi connectivity index (χ0v) is 17.0. The lowest BCUT2D eigenvalue weighted by Gasteiger charge is -2.10. The van der Waals surface area contributed by atoms with Gasteiger partial charge in [0, 0.05) is 29.0 Å². The summed E-state index contributed by atoms with van der Waals surface area (Å²) in [6.45, 7) is 0. The van der Waals surface area contributed by atoms with Crippen molar-refractivity contribution in [3.63, 3.8) is 0 Å². The number of nitrogens with zero attached hydrogens (tertiary/aromatic N) is 3. The van der Waals surface area contributed by atoms with Gasteiger partial charge in [-0.15, -0.1) is 5.10 Å². The average Bonchev–Trinajstić information content (AvgIpc) is 2.88. The van der Waals surface area contributed by atoms with Crippen molar-refractivity contribution in [2.24, 2.45) is 10.2 Å². The SMILES string of the molecule is CN(C)C(=O)Sc1cc(Br)ccc1C=NN=C1NC(=O)C(CC(=O)O)S1. The minimum Gasteiger partial charge on any atom is -0.481 e. The molecule has 2 rings (SSSR count). The van der Waals surface area contributed by atoms with Crippen LogP contribution in [0.15, 0.2) is 37.8 Å². The summed E-state index contributed by atoms with van der Waals surface area (Å²) < 4.78 is 0.824. The van der Waals surface area contributed by atoms with E-state index in [9.17, 15) is 14.4 Å². The lowest BCUT2D eigenvalue weighted by Crippen LogP contribution is -2.26. The minimum atomic E-state index is -1.05. The number of amidine groups is 1. The van der Waals surface area contributed by atoms with Gasteiger partial charge in [0.1, 0.15) is 5.25 Å². The molecule has 0 radical (unpaired) electrons. The van der Waals surface area contributed by atoms with Crippen LogP contribution in [0, 0.1) is 0 Å². The van der Waals surface area contributed by atoms with E-state index in [4.69, 9.17) is 5.11 Å². The normalized spacial score (nSPS) is 18.3. The third kappa shape index (κ3) is 5.85. The van der Waals surface area contributed by atoms with Crippen LogP contribution in [0.3, 0.4) is 0 Å². The fraction of sp³-hybridized carbons (Fsp3) is 0.267. The van der Waals surface area contributed by atoms with Gasteiger partial charge in [0.15, 0.2) is 5.17 Å². The molecule has 1 aromatic carbocycles. The van der Waals surface area contributed by atoms with Crippen LogP contribution in [0.5, 0.6) is 0 Å². The highest BCUT2D eigenvalue weighted by Crippen LogP contribution is 2.27. The fourth-order valence-corrected chi connectivity index (χ4v) is 4.00. The van der Waals surface area contributed by atoms with E-state index in [1.54, 1.807) is 26.2 Å². The molecule has 1 aliphatic heterocycles. The van der Waals surface area contributed by atoms with Crippen LogP contribution in [0.25, 0.3) is 0 Å². The van der Waals surface area contributed by atoms with Crippen LogP contribution in [0.2, 0.25) is 0 Å². The maximum absolute atomic E-state index is 11.9. The summed E-state index contributed by atoms with van der Waals surface area (Å²) in [5.74, 6) is -1.45. The summed E-state index contributed by atoms with van der Waals surface area (Å²) in [5.41, 5.74) is 0.689. The van der Waals surface area contributed by atoms with Gasteiger partial charge < -0.3 is 15.3 Å². The van der Waals surface area contributed by atoms with Crippen LogP contribution in [0.1, 0.15) is 12.0 Å². The molecule has 2 N–H and O–H groups in total. The molecule has 0 aliphatic carbocycles.